The van der Waals surface area contributed by atoms with Crippen molar-refractivity contribution in [2.24, 2.45) is 5.92 Å². The fraction of sp³-hybridized carbons (Fsp3) is 0.333. The molecule has 2 aromatic rings. The Labute approximate surface area is 143 Å². The summed E-state index contributed by atoms with van der Waals surface area (Å²) in [5.41, 5.74) is 0.588. The summed E-state index contributed by atoms with van der Waals surface area (Å²) in [7, 11) is 0. The lowest BCUT2D eigenvalue weighted by Gasteiger charge is -2.10. The molecule has 0 spiro atoms. The number of hydrogen-bond acceptors (Lipinski definition) is 2. The van der Waals surface area contributed by atoms with Crippen molar-refractivity contribution in [3.05, 3.63) is 46.3 Å². The average molecular weight is 385 g/mol. The summed E-state index contributed by atoms with van der Waals surface area (Å²) in [6.07, 6.45) is 1.79. The summed E-state index contributed by atoms with van der Waals surface area (Å²) in [4.78, 5) is 0. The summed E-state index contributed by atoms with van der Waals surface area (Å²) in [5, 5.41) is 11.0. The van der Waals surface area contributed by atoms with Crippen molar-refractivity contribution in [1.29, 1.82) is 0 Å². The van der Waals surface area contributed by atoms with Gasteiger partial charge >= 0.3 is 0 Å². The standard InChI is InChI=1S/C15H18BrFN4S/c1-10(2)7-18-15(22)19-14-12(16)9-21(20-14)8-11-5-3-4-6-13(11)17/h3-6,9-10H,7-8H2,1-2H3,(H2,18,19,20,22). The van der Waals surface area contributed by atoms with Gasteiger partial charge in [0.25, 0.3) is 0 Å². The molecule has 0 amide bonds. The minimum atomic E-state index is -0.238. The highest BCUT2D eigenvalue weighted by Crippen LogP contribution is 2.21. The molecular weight excluding hydrogens is 367 g/mol. The predicted molar refractivity (Wildman–Crippen MR) is 94.5 cm³/mol. The highest BCUT2D eigenvalue weighted by atomic mass is 79.9. The minimum Gasteiger partial charge on any atom is -0.362 e. The molecule has 4 nitrogen and oxygen atoms in total. The van der Waals surface area contributed by atoms with Gasteiger partial charge in [0.15, 0.2) is 10.9 Å². The van der Waals surface area contributed by atoms with Crippen LogP contribution in [0.25, 0.3) is 0 Å². The van der Waals surface area contributed by atoms with E-state index in [-0.39, 0.29) is 5.82 Å². The summed E-state index contributed by atoms with van der Waals surface area (Å²) in [5.74, 6) is 0.872. The van der Waals surface area contributed by atoms with Crippen LogP contribution in [0.2, 0.25) is 0 Å². The zero-order valence-electron chi connectivity index (χ0n) is 12.4. The van der Waals surface area contributed by atoms with Crippen LogP contribution in [0.1, 0.15) is 19.4 Å². The summed E-state index contributed by atoms with van der Waals surface area (Å²) >= 11 is 8.65. The smallest absolute Gasteiger partial charge is 0.172 e. The Kier molecular flexibility index (Phi) is 5.90. The molecule has 118 valence electrons. The van der Waals surface area contributed by atoms with Crippen LogP contribution in [0.15, 0.2) is 34.9 Å². The third-order valence-corrected chi connectivity index (χ3v) is 3.74. The lowest BCUT2D eigenvalue weighted by atomic mass is 10.2. The fourth-order valence-corrected chi connectivity index (χ4v) is 2.41. The van der Waals surface area contributed by atoms with Crippen LogP contribution in [0.5, 0.6) is 0 Å². The molecule has 0 atom stereocenters. The van der Waals surface area contributed by atoms with Crippen molar-refractivity contribution >= 4 is 39.1 Å². The van der Waals surface area contributed by atoms with Gasteiger partial charge in [-0.15, -0.1) is 0 Å². The van der Waals surface area contributed by atoms with Crippen LogP contribution in [0.3, 0.4) is 0 Å². The van der Waals surface area contributed by atoms with Crippen molar-refractivity contribution in [3.8, 4) is 0 Å². The third-order valence-electron chi connectivity index (χ3n) is 2.91. The van der Waals surface area contributed by atoms with E-state index < -0.39 is 0 Å². The molecule has 0 unspecified atom stereocenters. The van der Waals surface area contributed by atoms with Crippen molar-refractivity contribution in [2.45, 2.75) is 20.4 Å². The number of rotatable bonds is 5. The molecule has 0 aliphatic carbocycles. The van der Waals surface area contributed by atoms with E-state index in [4.69, 9.17) is 12.2 Å². The molecule has 2 N–H and O–H groups in total. The van der Waals surface area contributed by atoms with Crippen LogP contribution < -0.4 is 10.6 Å². The second-order valence-electron chi connectivity index (χ2n) is 5.34. The largest absolute Gasteiger partial charge is 0.362 e. The van der Waals surface area contributed by atoms with E-state index in [9.17, 15) is 4.39 Å². The van der Waals surface area contributed by atoms with Gasteiger partial charge in [-0.3, -0.25) is 4.68 Å². The topological polar surface area (TPSA) is 41.9 Å². The molecule has 0 bridgehead atoms. The summed E-state index contributed by atoms with van der Waals surface area (Å²) in [6, 6.07) is 6.66. The molecule has 0 aliphatic heterocycles. The predicted octanol–water partition coefficient (Wildman–Crippen LogP) is 3.78. The Hall–Kier alpha value is -1.47. The van der Waals surface area contributed by atoms with Crippen molar-refractivity contribution in [1.82, 2.24) is 15.1 Å². The van der Waals surface area contributed by atoms with E-state index in [1.165, 1.54) is 6.07 Å². The zero-order chi connectivity index (χ0) is 16.1. The average Bonchev–Trinajstić information content (AvgIpc) is 2.79. The van der Waals surface area contributed by atoms with E-state index >= 15 is 0 Å². The maximum atomic E-state index is 13.7. The first kappa shape index (κ1) is 16.9. The maximum absolute atomic E-state index is 13.7. The maximum Gasteiger partial charge on any atom is 0.172 e. The molecule has 1 aromatic heterocycles. The van der Waals surface area contributed by atoms with Gasteiger partial charge < -0.3 is 10.6 Å². The molecule has 22 heavy (non-hydrogen) atoms. The van der Waals surface area contributed by atoms with Gasteiger partial charge in [0.1, 0.15) is 5.82 Å². The number of thiocarbonyl (C=S) groups is 1. The second kappa shape index (κ2) is 7.69. The highest BCUT2D eigenvalue weighted by molar-refractivity contribution is 9.10. The van der Waals surface area contributed by atoms with Crippen LogP contribution in [0.4, 0.5) is 10.2 Å². The Morgan fingerprint density at radius 1 is 1.41 bits per heavy atom. The van der Waals surface area contributed by atoms with Crippen molar-refractivity contribution in [3.63, 3.8) is 0 Å². The SMILES string of the molecule is CC(C)CNC(=S)Nc1nn(Cc2ccccc2F)cc1Br. The van der Waals surface area contributed by atoms with Gasteiger partial charge in [-0.1, -0.05) is 32.0 Å². The molecule has 0 saturated carbocycles. The van der Waals surface area contributed by atoms with Crippen molar-refractivity contribution < 1.29 is 4.39 Å². The molecule has 0 aliphatic rings. The van der Waals surface area contributed by atoms with E-state index in [1.807, 2.05) is 0 Å². The first-order chi connectivity index (χ1) is 10.5. The molecule has 0 fully saturated rings. The fourth-order valence-electron chi connectivity index (χ4n) is 1.81. The number of aromatic nitrogens is 2. The van der Waals surface area contributed by atoms with E-state index in [2.05, 4.69) is 45.5 Å². The number of nitrogens with one attached hydrogen (secondary N) is 2. The normalized spacial score (nSPS) is 10.8. The Morgan fingerprint density at radius 2 is 2.14 bits per heavy atom. The summed E-state index contributed by atoms with van der Waals surface area (Å²) in [6.45, 7) is 5.36. The minimum absolute atomic E-state index is 0.238. The summed E-state index contributed by atoms with van der Waals surface area (Å²) < 4.78 is 16.1. The molecule has 0 saturated heterocycles. The number of hydrogen-bond donors (Lipinski definition) is 2. The van der Waals surface area contributed by atoms with Crippen LogP contribution >= 0.6 is 28.1 Å². The zero-order valence-corrected chi connectivity index (χ0v) is 14.8. The van der Waals surface area contributed by atoms with Crippen molar-refractivity contribution in [2.75, 3.05) is 11.9 Å². The van der Waals surface area contributed by atoms with Gasteiger partial charge in [0, 0.05) is 18.3 Å². The van der Waals surface area contributed by atoms with Gasteiger partial charge in [-0.25, -0.2) is 4.39 Å². The van der Waals surface area contributed by atoms with Crippen LogP contribution in [-0.4, -0.2) is 21.4 Å². The van der Waals surface area contributed by atoms with Crippen LogP contribution in [0, 0.1) is 11.7 Å². The number of anilines is 1. The van der Waals surface area contributed by atoms with E-state index in [0.29, 0.717) is 29.0 Å². The first-order valence-corrected chi connectivity index (χ1v) is 8.17. The highest BCUT2D eigenvalue weighted by Gasteiger charge is 2.10. The second-order valence-corrected chi connectivity index (χ2v) is 6.61. The van der Waals surface area contributed by atoms with Gasteiger partial charge in [-0.05, 0) is 40.1 Å². The van der Waals surface area contributed by atoms with Gasteiger partial charge in [-0.2, -0.15) is 5.10 Å². The van der Waals surface area contributed by atoms with Gasteiger partial charge in [0.2, 0.25) is 0 Å². The first-order valence-electron chi connectivity index (χ1n) is 6.97. The lowest BCUT2D eigenvalue weighted by Crippen LogP contribution is -2.31. The molecule has 1 heterocycles. The molecule has 1 aromatic carbocycles. The third kappa shape index (κ3) is 4.78. The van der Waals surface area contributed by atoms with E-state index in [0.717, 1.165) is 11.0 Å². The molecule has 2 rings (SSSR count). The Balaban J connectivity index is 2.02. The molecular formula is C15H18BrFN4S. The monoisotopic (exact) mass is 384 g/mol. The Bertz CT molecular complexity index is 657. The number of halogens is 2. The molecule has 0 radical (unpaired) electrons. The molecule has 7 heteroatoms. The number of nitrogens with zero attached hydrogens (tertiary/aromatic N) is 2. The van der Waals surface area contributed by atoms with Crippen LogP contribution in [-0.2, 0) is 6.54 Å². The van der Waals surface area contributed by atoms with E-state index in [1.54, 1.807) is 29.1 Å². The Morgan fingerprint density at radius 3 is 2.82 bits per heavy atom. The lowest BCUT2D eigenvalue weighted by molar-refractivity contribution is 0.585. The quantitative estimate of drug-likeness (QED) is 0.769. The number of benzene rings is 1. The van der Waals surface area contributed by atoms with Gasteiger partial charge in [0.05, 0.1) is 11.0 Å².